The van der Waals surface area contributed by atoms with Crippen LogP contribution in [0.15, 0.2) is 12.4 Å². The van der Waals surface area contributed by atoms with Gasteiger partial charge in [-0.15, -0.1) is 0 Å². The molecule has 0 radical (unpaired) electrons. The summed E-state index contributed by atoms with van der Waals surface area (Å²) in [5.74, 6) is 1.38. The lowest BCUT2D eigenvalue weighted by atomic mass is 9.93. The average molecular weight is 234 g/mol. The lowest BCUT2D eigenvalue weighted by Gasteiger charge is -2.17. The minimum atomic E-state index is 0.0526. The maximum atomic E-state index is 5.68. The molecule has 0 atom stereocenters. The van der Waals surface area contributed by atoms with Crippen molar-refractivity contribution in [3.05, 3.63) is 18.1 Å². The Morgan fingerprint density at radius 1 is 1.18 bits per heavy atom. The fourth-order valence-electron chi connectivity index (χ4n) is 2.16. The summed E-state index contributed by atoms with van der Waals surface area (Å²) in [6.45, 7) is 7.20. The lowest BCUT2D eigenvalue weighted by molar-refractivity contribution is 0.242. The van der Waals surface area contributed by atoms with Gasteiger partial charge in [-0.2, -0.15) is 0 Å². The molecule has 1 fully saturated rings. The van der Waals surface area contributed by atoms with Crippen LogP contribution in [0.1, 0.15) is 52.1 Å². The summed E-state index contributed by atoms with van der Waals surface area (Å²) < 4.78 is 5.68. The van der Waals surface area contributed by atoms with Gasteiger partial charge in [0.05, 0.1) is 24.7 Å². The highest BCUT2D eigenvalue weighted by atomic mass is 16.5. The van der Waals surface area contributed by atoms with E-state index in [-0.39, 0.29) is 5.41 Å². The third-order valence-electron chi connectivity index (χ3n) is 3.34. The van der Waals surface area contributed by atoms with Crippen molar-refractivity contribution in [2.24, 2.45) is 5.92 Å². The SMILES string of the molecule is CC(C)(C)c1cnc(OCC2CCCC2)cn1. The maximum Gasteiger partial charge on any atom is 0.232 e. The van der Waals surface area contributed by atoms with Crippen molar-refractivity contribution in [1.82, 2.24) is 9.97 Å². The molecule has 0 unspecified atom stereocenters. The van der Waals surface area contributed by atoms with Gasteiger partial charge in [-0.1, -0.05) is 33.6 Å². The average Bonchev–Trinajstić information content (AvgIpc) is 2.78. The van der Waals surface area contributed by atoms with Gasteiger partial charge in [-0.3, -0.25) is 4.98 Å². The molecule has 3 nitrogen and oxygen atoms in total. The number of ether oxygens (including phenoxy) is 1. The van der Waals surface area contributed by atoms with Crippen LogP contribution in [0.25, 0.3) is 0 Å². The molecule has 1 saturated carbocycles. The highest BCUT2D eigenvalue weighted by Crippen LogP contribution is 2.25. The standard InChI is InChI=1S/C14H22N2O/c1-14(2,3)12-8-16-13(9-15-12)17-10-11-6-4-5-7-11/h8-9,11H,4-7,10H2,1-3H3. The summed E-state index contributed by atoms with van der Waals surface area (Å²) in [7, 11) is 0. The predicted octanol–water partition coefficient (Wildman–Crippen LogP) is 3.34. The number of nitrogens with zero attached hydrogens (tertiary/aromatic N) is 2. The molecule has 0 saturated heterocycles. The molecular weight excluding hydrogens is 212 g/mol. The zero-order chi connectivity index (χ0) is 12.3. The zero-order valence-corrected chi connectivity index (χ0v) is 11.1. The first-order chi connectivity index (χ1) is 8.05. The Morgan fingerprint density at radius 2 is 1.88 bits per heavy atom. The highest BCUT2D eigenvalue weighted by Gasteiger charge is 2.17. The smallest absolute Gasteiger partial charge is 0.232 e. The quantitative estimate of drug-likeness (QED) is 0.804. The van der Waals surface area contributed by atoms with Crippen LogP contribution in [0, 0.1) is 5.92 Å². The van der Waals surface area contributed by atoms with E-state index in [9.17, 15) is 0 Å². The lowest BCUT2D eigenvalue weighted by Crippen LogP contribution is -2.14. The number of rotatable bonds is 3. The zero-order valence-electron chi connectivity index (χ0n) is 11.1. The summed E-state index contributed by atoms with van der Waals surface area (Å²) in [6.07, 6.45) is 8.87. The molecule has 3 heteroatoms. The molecule has 1 aromatic heterocycles. The highest BCUT2D eigenvalue weighted by molar-refractivity contribution is 5.13. The summed E-state index contributed by atoms with van der Waals surface area (Å²) in [5, 5.41) is 0. The van der Waals surface area contributed by atoms with Gasteiger partial charge >= 0.3 is 0 Å². The number of aromatic nitrogens is 2. The van der Waals surface area contributed by atoms with Gasteiger partial charge in [0.2, 0.25) is 5.88 Å². The number of hydrogen-bond donors (Lipinski definition) is 0. The molecular formula is C14H22N2O. The molecule has 1 heterocycles. The minimum absolute atomic E-state index is 0.0526. The van der Waals surface area contributed by atoms with Crippen molar-refractivity contribution in [3.63, 3.8) is 0 Å². The van der Waals surface area contributed by atoms with Gasteiger partial charge in [-0.25, -0.2) is 4.98 Å². The predicted molar refractivity (Wildman–Crippen MR) is 68.2 cm³/mol. The Kier molecular flexibility index (Phi) is 3.65. The van der Waals surface area contributed by atoms with Crippen molar-refractivity contribution in [2.75, 3.05) is 6.61 Å². The van der Waals surface area contributed by atoms with E-state index < -0.39 is 0 Å². The molecule has 0 aliphatic heterocycles. The minimum Gasteiger partial charge on any atom is -0.476 e. The molecule has 0 aromatic carbocycles. The Hall–Kier alpha value is -1.12. The van der Waals surface area contributed by atoms with Crippen molar-refractivity contribution >= 4 is 0 Å². The van der Waals surface area contributed by atoms with E-state index in [1.807, 2.05) is 6.20 Å². The van der Waals surface area contributed by atoms with Gasteiger partial charge in [0.1, 0.15) is 0 Å². The summed E-state index contributed by atoms with van der Waals surface area (Å²) in [4.78, 5) is 8.73. The summed E-state index contributed by atoms with van der Waals surface area (Å²) in [6, 6.07) is 0. The third-order valence-corrected chi connectivity index (χ3v) is 3.34. The maximum absolute atomic E-state index is 5.68. The molecule has 0 N–H and O–H groups in total. The Bertz CT molecular complexity index is 347. The molecule has 1 aromatic rings. The van der Waals surface area contributed by atoms with Gasteiger partial charge < -0.3 is 4.74 Å². The molecule has 0 spiro atoms. The number of hydrogen-bond acceptors (Lipinski definition) is 3. The monoisotopic (exact) mass is 234 g/mol. The van der Waals surface area contributed by atoms with E-state index in [0.29, 0.717) is 5.88 Å². The largest absolute Gasteiger partial charge is 0.476 e. The normalized spacial score (nSPS) is 17.4. The molecule has 2 rings (SSSR count). The van der Waals surface area contributed by atoms with Crippen LogP contribution < -0.4 is 4.74 Å². The molecule has 94 valence electrons. The van der Waals surface area contributed by atoms with Crippen molar-refractivity contribution < 1.29 is 4.74 Å². The summed E-state index contributed by atoms with van der Waals surface area (Å²) >= 11 is 0. The van der Waals surface area contributed by atoms with Gasteiger partial charge in [-0.05, 0) is 18.8 Å². The fourth-order valence-corrected chi connectivity index (χ4v) is 2.16. The van der Waals surface area contributed by atoms with E-state index >= 15 is 0 Å². The molecule has 0 bridgehead atoms. The Balaban J connectivity index is 1.89. The van der Waals surface area contributed by atoms with E-state index in [0.717, 1.165) is 18.2 Å². The van der Waals surface area contributed by atoms with Crippen LogP contribution in [-0.4, -0.2) is 16.6 Å². The second kappa shape index (κ2) is 5.03. The van der Waals surface area contributed by atoms with Gasteiger partial charge in [0.25, 0.3) is 0 Å². The molecule has 1 aliphatic rings. The van der Waals surface area contributed by atoms with Crippen molar-refractivity contribution in [2.45, 2.75) is 51.9 Å². The van der Waals surface area contributed by atoms with Crippen LogP contribution >= 0.6 is 0 Å². The second-order valence-electron chi connectivity index (χ2n) is 5.95. The van der Waals surface area contributed by atoms with Crippen LogP contribution in [0.2, 0.25) is 0 Å². The van der Waals surface area contributed by atoms with Crippen LogP contribution in [0.4, 0.5) is 0 Å². The van der Waals surface area contributed by atoms with Crippen LogP contribution in [0.3, 0.4) is 0 Å². The topological polar surface area (TPSA) is 35.0 Å². The fraction of sp³-hybridized carbons (Fsp3) is 0.714. The van der Waals surface area contributed by atoms with E-state index in [2.05, 4.69) is 30.7 Å². The first-order valence-electron chi connectivity index (χ1n) is 6.51. The third kappa shape index (κ3) is 3.42. The first kappa shape index (κ1) is 12.3. The van der Waals surface area contributed by atoms with Gasteiger partial charge in [0.15, 0.2) is 0 Å². The molecule has 1 aliphatic carbocycles. The Labute approximate surface area is 104 Å². The van der Waals surface area contributed by atoms with E-state index in [1.165, 1.54) is 25.7 Å². The summed E-state index contributed by atoms with van der Waals surface area (Å²) in [5.41, 5.74) is 1.06. The molecule has 17 heavy (non-hydrogen) atoms. The second-order valence-corrected chi connectivity index (χ2v) is 5.95. The van der Waals surface area contributed by atoms with Crippen LogP contribution in [0.5, 0.6) is 5.88 Å². The van der Waals surface area contributed by atoms with E-state index in [4.69, 9.17) is 4.74 Å². The van der Waals surface area contributed by atoms with Gasteiger partial charge in [0, 0.05) is 5.41 Å². The van der Waals surface area contributed by atoms with Crippen molar-refractivity contribution in [3.8, 4) is 5.88 Å². The first-order valence-corrected chi connectivity index (χ1v) is 6.51. The Morgan fingerprint density at radius 3 is 2.41 bits per heavy atom. The molecule has 0 amide bonds. The van der Waals surface area contributed by atoms with Crippen LogP contribution in [-0.2, 0) is 5.41 Å². The van der Waals surface area contributed by atoms with Crippen molar-refractivity contribution in [1.29, 1.82) is 0 Å². The van der Waals surface area contributed by atoms with E-state index in [1.54, 1.807) is 6.20 Å².